The summed E-state index contributed by atoms with van der Waals surface area (Å²) in [6.07, 6.45) is 0. The van der Waals surface area contributed by atoms with Crippen molar-refractivity contribution in [1.29, 1.82) is 0 Å². The monoisotopic (exact) mass is 207 g/mol. The smallest absolute Gasteiger partial charge is 0.176 e. The van der Waals surface area contributed by atoms with Crippen molar-refractivity contribution < 1.29 is 4.79 Å². The number of halogens is 1. The third-order valence-electron chi connectivity index (χ3n) is 1.69. The Morgan fingerprint density at radius 1 is 1.36 bits per heavy atom. The van der Waals surface area contributed by atoms with Gasteiger partial charge in [-0.3, -0.25) is 4.79 Å². The molecular weight excluding hydrogens is 198 g/mol. The second-order valence-corrected chi connectivity index (χ2v) is 2.91. The van der Waals surface area contributed by atoms with Crippen molar-refractivity contribution in [1.82, 2.24) is 0 Å². The zero-order chi connectivity index (χ0) is 10.4. The van der Waals surface area contributed by atoms with Gasteiger partial charge in [-0.05, 0) is 12.1 Å². The highest BCUT2D eigenvalue weighted by Gasteiger charge is 2.01. The Morgan fingerprint density at radius 2 is 2.00 bits per heavy atom. The Bertz CT molecular complexity index is 373. The Balaban J connectivity index is 2.83. The summed E-state index contributed by atoms with van der Waals surface area (Å²) in [6, 6.07) is 6.99. The van der Waals surface area contributed by atoms with E-state index < -0.39 is 0 Å². The highest BCUT2D eigenvalue weighted by atomic mass is 35.5. The normalized spacial score (nSPS) is 9.00. The van der Waals surface area contributed by atoms with Crippen LogP contribution in [-0.4, -0.2) is 18.2 Å². The Morgan fingerprint density at radius 3 is 2.50 bits per heavy atom. The lowest BCUT2D eigenvalue weighted by Crippen LogP contribution is -2.13. The number of carbonyl (C=O) groups is 1. The molecule has 0 spiro atoms. The number of rotatable bonds is 2. The molecule has 0 heterocycles. The zero-order valence-corrected chi connectivity index (χ0v) is 8.34. The van der Waals surface area contributed by atoms with Gasteiger partial charge in [0, 0.05) is 11.1 Å². The van der Waals surface area contributed by atoms with E-state index in [1.807, 2.05) is 0 Å². The van der Waals surface area contributed by atoms with Crippen molar-refractivity contribution in [2.45, 2.75) is 0 Å². The molecule has 0 aliphatic carbocycles. The molecule has 0 unspecified atom stereocenters. The second kappa shape index (κ2) is 5.43. The van der Waals surface area contributed by atoms with Gasteiger partial charge in [0.05, 0.1) is 12.4 Å². The number of hydrogen-bond acceptors (Lipinski definition) is 2. The summed E-state index contributed by atoms with van der Waals surface area (Å²) in [5.41, 5.74) is 6.69. The van der Waals surface area contributed by atoms with Gasteiger partial charge in [-0.2, -0.15) is 0 Å². The van der Waals surface area contributed by atoms with Crippen LogP contribution >= 0.6 is 11.6 Å². The lowest BCUT2D eigenvalue weighted by molar-refractivity contribution is 0.100. The number of alkyl halides is 1. The van der Waals surface area contributed by atoms with Crippen molar-refractivity contribution in [3.8, 4) is 11.8 Å². The molecule has 1 rings (SSSR count). The van der Waals surface area contributed by atoms with Crippen LogP contribution in [0.5, 0.6) is 0 Å². The predicted octanol–water partition coefficient (Wildman–Crippen LogP) is 1.42. The van der Waals surface area contributed by atoms with Gasteiger partial charge in [0.15, 0.2) is 5.78 Å². The van der Waals surface area contributed by atoms with Crippen LogP contribution in [-0.2, 0) is 0 Å². The molecule has 1 aromatic rings. The van der Waals surface area contributed by atoms with E-state index in [-0.39, 0.29) is 12.3 Å². The molecule has 0 saturated heterocycles. The van der Waals surface area contributed by atoms with Crippen LogP contribution in [0.3, 0.4) is 0 Å². The first kappa shape index (κ1) is 10.8. The molecule has 0 atom stereocenters. The molecule has 2 N–H and O–H groups in total. The number of Topliss-reactive ketones (excluding diaryl/α,β-unsaturated/α-hetero) is 1. The van der Waals surface area contributed by atoms with E-state index in [9.17, 15) is 4.79 Å². The molecule has 0 aliphatic rings. The molecule has 14 heavy (non-hydrogen) atoms. The largest absolute Gasteiger partial charge is 0.324 e. The molecule has 72 valence electrons. The second-order valence-electron chi connectivity index (χ2n) is 2.64. The highest BCUT2D eigenvalue weighted by molar-refractivity contribution is 6.19. The fraction of sp³-hybridized carbons (Fsp3) is 0.182. The number of benzene rings is 1. The summed E-state index contributed by atoms with van der Waals surface area (Å²) in [6.45, 7) is 0.0344. The first-order valence-corrected chi connectivity index (χ1v) is 4.69. The van der Waals surface area contributed by atoms with E-state index in [0.717, 1.165) is 5.56 Å². The summed E-state index contributed by atoms with van der Waals surface area (Å²) in [5, 5.41) is 0. The third-order valence-corrected chi connectivity index (χ3v) is 1.83. The molecule has 2 nitrogen and oxygen atoms in total. The first-order chi connectivity index (χ1) is 6.77. The van der Waals surface area contributed by atoms with Crippen LogP contribution in [0.25, 0.3) is 0 Å². The summed E-state index contributed by atoms with van der Waals surface area (Å²) < 4.78 is 0. The van der Waals surface area contributed by atoms with Crippen LogP contribution in [0, 0.1) is 11.8 Å². The minimum absolute atomic E-state index is 0.0344. The maximum absolute atomic E-state index is 11.2. The zero-order valence-electron chi connectivity index (χ0n) is 7.59. The third kappa shape index (κ3) is 2.88. The van der Waals surface area contributed by atoms with Gasteiger partial charge in [-0.25, -0.2) is 0 Å². The van der Waals surface area contributed by atoms with E-state index in [4.69, 9.17) is 17.3 Å². The SMILES string of the molecule is NCC(=O)c1ccc(C#CCCl)cc1. The average Bonchev–Trinajstić information content (AvgIpc) is 2.26. The predicted molar refractivity (Wildman–Crippen MR) is 57.4 cm³/mol. The minimum atomic E-state index is -0.0677. The van der Waals surface area contributed by atoms with Crippen molar-refractivity contribution in [3.05, 3.63) is 35.4 Å². The molecular formula is C11H10ClNO. The van der Waals surface area contributed by atoms with Crippen LogP contribution in [0.2, 0.25) is 0 Å². The van der Waals surface area contributed by atoms with Crippen molar-refractivity contribution >= 4 is 17.4 Å². The van der Waals surface area contributed by atoms with Crippen LogP contribution in [0.15, 0.2) is 24.3 Å². The van der Waals surface area contributed by atoms with E-state index in [1.165, 1.54) is 0 Å². The maximum atomic E-state index is 11.2. The van der Waals surface area contributed by atoms with Gasteiger partial charge in [0.25, 0.3) is 0 Å². The maximum Gasteiger partial charge on any atom is 0.176 e. The van der Waals surface area contributed by atoms with Crippen molar-refractivity contribution in [2.24, 2.45) is 5.73 Å². The van der Waals surface area contributed by atoms with Gasteiger partial charge in [-0.1, -0.05) is 24.0 Å². The van der Waals surface area contributed by atoms with Gasteiger partial charge < -0.3 is 5.73 Å². The fourth-order valence-corrected chi connectivity index (χ4v) is 1.06. The van der Waals surface area contributed by atoms with E-state index in [1.54, 1.807) is 24.3 Å². The highest BCUT2D eigenvalue weighted by Crippen LogP contribution is 2.03. The van der Waals surface area contributed by atoms with Crippen LogP contribution in [0.4, 0.5) is 0 Å². The summed E-state index contributed by atoms with van der Waals surface area (Å²) in [7, 11) is 0. The molecule has 0 bridgehead atoms. The van der Waals surface area contributed by atoms with Gasteiger partial charge in [0.2, 0.25) is 0 Å². The minimum Gasteiger partial charge on any atom is -0.324 e. The number of ketones is 1. The van der Waals surface area contributed by atoms with Crippen molar-refractivity contribution in [2.75, 3.05) is 12.4 Å². The molecule has 1 aromatic carbocycles. The molecule has 0 fully saturated rings. The first-order valence-electron chi connectivity index (χ1n) is 4.16. The molecule has 3 heteroatoms. The molecule has 0 aliphatic heterocycles. The Kier molecular flexibility index (Phi) is 4.18. The van der Waals surface area contributed by atoms with Crippen LogP contribution in [0.1, 0.15) is 15.9 Å². The number of nitrogens with two attached hydrogens (primary N) is 1. The van der Waals surface area contributed by atoms with Gasteiger partial charge in [0.1, 0.15) is 0 Å². The number of carbonyl (C=O) groups excluding carboxylic acids is 1. The standard InChI is InChI=1S/C11H10ClNO/c12-7-1-2-9-3-5-10(6-4-9)11(14)8-13/h3-6H,7-8,13H2. The van der Waals surface area contributed by atoms with Crippen molar-refractivity contribution in [3.63, 3.8) is 0 Å². The lowest BCUT2D eigenvalue weighted by atomic mass is 10.1. The molecule has 0 radical (unpaired) electrons. The van der Waals surface area contributed by atoms with Crippen LogP contribution < -0.4 is 5.73 Å². The molecule has 0 saturated carbocycles. The van der Waals surface area contributed by atoms with E-state index >= 15 is 0 Å². The Labute approximate surface area is 88.1 Å². The summed E-state index contributed by atoms with van der Waals surface area (Å²) in [4.78, 5) is 11.2. The quantitative estimate of drug-likeness (QED) is 0.453. The molecule has 0 aromatic heterocycles. The fourth-order valence-electron chi connectivity index (χ4n) is 0.993. The van der Waals surface area contributed by atoms with E-state index in [0.29, 0.717) is 11.4 Å². The van der Waals surface area contributed by atoms with Gasteiger partial charge in [-0.15, -0.1) is 11.6 Å². The number of hydrogen-bond donors (Lipinski definition) is 1. The lowest BCUT2D eigenvalue weighted by Gasteiger charge is -1.96. The van der Waals surface area contributed by atoms with Gasteiger partial charge >= 0.3 is 0 Å². The average molecular weight is 208 g/mol. The summed E-state index contributed by atoms with van der Waals surface area (Å²) in [5.74, 6) is 5.83. The summed E-state index contributed by atoms with van der Waals surface area (Å²) >= 11 is 5.41. The molecule has 0 amide bonds. The Hall–Kier alpha value is -1.30. The van der Waals surface area contributed by atoms with E-state index in [2.05, 4.69) is 11.8 Å². The topological polar surface area (TPSA) is 43.1 Å².